The molecule has 5 atom stereocenters. The molecule has 1 aromatic carbocycles. The fourth-order valence-electron chi connectivity index (χ4n) is 10.6. The monoisotopic (exact) mass is 1400 g/mol. The van der Waals surface area contributed by atoms with Crippen molar-refractivity contribution in [1.29, 1.82) is 0 Å². The third-order valence-electron chi connectivity index (χ3n) is 15.7. The van der Waals surface area contributed by atoms with E-state index in [2.05, 4.69) is 31.9 Å². The number of halogens is 1. The number of nitrogens with one attached hydrogen (secondary N) is 8. The molecule has 37 heteroatoms. The van der Waals surface area contributed by atoms with Crippen molar-refractivity contribution in [2.24, 2.45) is 0 Å². The summed E-state index contributed by atoms with van der Waals surface area (Å²) >= 11 is 0. The molecule has 2 rings (SSSR count). The average Bonchev–Trinajstić information content (AvgIpc) is 0.749. The fourth-order valence-corrected chi connectivity index (χ4v) is 15.2. The van der Waals surface area contributed by atoms with Crippen LogP contribution in [-0.4, -0.2) is 271 Å². The van der Waals surface area contributed by atoms with Crippen molar-refractivity contribution in [2.75, 3.05) is 98.2 Å². The van der Waals surface area contributed by atoms with Gasteiger partial charge < -0.3 is 102 Å². The van der Waals surface area contributed by atoms with Crippen LogP contribution in [0.2, 0.25) is 10.1 Å². The van der Waals surface area contributed by atoms with Gasteiger partial charge in [-0.3, -0.25) is 53.2 Å². The SMILES string of the molecule is CC(C)(C)[Si](F)(c1ccc(C(=O)N[C@@H](CNC(=O)CN2CCN(CC(=O)[O-])CCN(CC(=O)[O-])CCN(CC(=O)[O-])CC2)C(=O)N[C@H](CCCCNC(=O)CCC(=O)NCCC[C@H](NC(=O)CC[C@H](NC(=O)N[C@@H](CCC(=O)O)C(=O)O)C(=O)O)C(=O)O)C(=O)O)cc1)C(C)(C)C. The van der Waals surface area contributed by atoms with Gasteiger partial charge in [0.1, 0.15) is 30.2 Å². The summed E-state index contributed by atoms with van der Waals surface area (Å²) in [5.41, 5.74) is -0.00875. The number of carbonyl (C=O) groups excluding carboxylic acids is 10. The zero-order valence-electron chi connectivity index (χ0n) is 55.3. The van der Waals surface area contributed by atoms with Crippen molar-refractivity contribution in [2.45, 2.75) is 152 Å². The van der Waals surface area contributed by atoms with Crippen molar-refractivity contribution >= 4 is 103 Å². The van der Waals surface area contributed by atoms with E-state index in [4.69, 9.17) is 5.11 Å². The molecular weight excluding hydrogens is 1300 g/mol. The minimum atomic E-state index is -3.79. The van der Waals surface area contributed by atoms with Gasteiger partial charge in [-0.2, -0.15) is 0 Å². The average molecular weight is 1400 g/mol. The summed E-state index contributed by atoms with van der Waals surface area (Å²) in [5.74, 6) is -16.5. The highest BCUT2D eigenvalue weighted by atomic mass is 28.4. The second kappa shape index (κ2) is 41.2. The molecule has 1 aliphatic rings. The third-order valence-corrected chi connectivity index (χ3v) is 20.9. The number of carbonyl (C=O) groups is 15. The molecule has 1 heterocycles. The number of nitrogens with zero attached hydrogens (tertiary/aromatic N) is 4. The van der Waals surface area contributed by atoms with Crippen LogP contribution in [0.1, 0.15) is 123 Å². The second-order valence-corrected chi connectivity index (χ2v) is 30.2. The molecule has 0 aliphatic carbocycles. The minimum absolute atomic E-state index is 0.000188. The molecule has 0 spiro atoms. The van der Waals surface area contributed by atoms with Crippen molar-refractivity contribution < 1.29 is 117 Å². The summed E-state index contributed by atoms with van der Waals surface area (Å²) in [6.07, 6.45) is -3.05. The van der Waals surface area contributed by atoms with E-state index in [9.17, 15) is 108 Å². The van der Waals surface area contributed by atoms with Gasteiger partial charge in [0, 0.05) is 123 Å². The van der Waals surface area contributed by atoms with E-state index in [0.717, 1.165) is 0 Å². The molecule has 0 bridgehead atoms. The van der Waals surface area contributed by atoms with E-state index in [1.165, 1.54) is 39.0 Å². The smallest absolute Gasteiger partial charge is 0.326 e. The lowest BCUT2D eigenvalue weighted by molar-refractivity contribution is -0.308. The summed E-state index contributed by atoms with van der Waals surface area (Å²) in [4.78, 5) is 191. The van der Waals surface area contributed by atoms with Gasteiger partial charge in [0.25, 0.3) is 14.3 Å². The minimum Gasteiger partial charge on any atom is -0.549 e. The topological polar surface area (TPSA) is 536 Å². The number of hydrogen-bond donors (Lipinski definition) is 13. The Morgan fingerprint density at radius 2 is 0.825 bits per heavy atom. The third kappa shape index (κ3) is 32.1. The quantitative estimate of drug-likeness (QED) is 0.0165. The van der Waals surface area contributed by atoms with Gasteiger partial charge in [-0.25, -0.2) is 24.0 Å². The maximum Gasteiger partial charge on any atom is 0.326 e. The Hall–Kier alpha value is -8.94. The Bertz CT molecular complexity index is 2870. The first kappa shape index (κ1) is 84.1. The molecule has 1 aromatic rings. The van der Waals surface area contributed by atoms with Crippen LogP contribution in [0.5, 0.6) is 0 Å². The number of urea groups is 1. The first-order valence-electron chi connectivity index (χ1n) is 31.4. The van der Waals surface area contributed by atoms with Crippen LogP contribution in [0.4, 0.5) is 8.90 Å². The lowest BCUT2D eigenvalue weighted by Crippen LogP contribution is -2.58. The number of aliphatic carboxylic acids is 8. The van der Waals surface area contributed by atoms with Crippen LogP contribution >= 0.6 is 0 Å². The molecule has 0 aromatic heterocycles. The Balaban J connectivity index is 2.09. The zero-order chi connectivity index (χ0) is 73.4. The number of rotatable bonds is 40. The molecule has 1 aliphatic heterocycles. The van der Waals surface area contributed by atoms with Gasteiger partial charge in [-0.1, -0.05) is 53.7 Å². The molecule has 544 valence electrons. The van der Waals surface area contributed by atoms with Crippen LogP contribution in [0, 0.1) is 0 Å². The molecule has 0 saturated carbocycles. The second-order valence-electron chi connectivity index (χ2n) is 25.4. The lowest BCUT2D eigenvalue weighted by Gasteiger charge is -2.44. The van der Waals surface area contributed by atoms with Crippen LogP contribution in [-0.2, 0) is 62.3 Å². The standard InChI is InChI=1S/C60H95FN12O23Si/c1-59(2,3)97(61,60(4,5)6)38-14-12-37(13-15-38)52(86)67-43(32-64-47(77)33-70-24-26-71(34-49(80)81)28-30-73(36-51(84)85)31-29-72(27-25-70)35-50(82)83)53(87)66-40(55(90)91)10-7-8-22-62-44(74)19-20-45(75)63-23-9-11-39(54(88)89)65-46(76)18-16-41(56(92)93)68-58(96)69-42(57(94)95)17-21-48(78)79/h12-15,39-43H,7-11,16-36H2,1-6H3,(H,62,74)(H,63,75)(H,64,77)(H,65,76)(H,66,87)(H,67,86)(H,78,79)(H,80,81)(H,82,83)(H,84,85)(H,88,89)(H,90,91)(H,92,93)(H,94,95)(H2,68,69,96)/p-3/t39-,40+,41-,42-,43-/m0/s1. The summed E-state index contributed by atoms with van der Waals surface area (Å²) in [6, 6.07) is -3.64. The number of benzene rings is 1. The zero-order valence-corrected chi connectivity index (χ0v) is 56.3. The van der Waals surface area contributed by atoms with Crippen molar-refractivity contribution in [3.8, 4) is 0 Å². The highest BCUT2D eigenvalue weighted by Crippen LogP contribution is 2.51. The van der Waals surface area contributed by atoms with E-state index >= 15 is 4.11 Å². The maximum atomic E-state index is 17.2. The largest absolute Gasteiger partial charge is 0.549 e. The summed E-state index contributed by atoms with van der Waals surface area (Å²) in [7, 11) is -3.79. The van der Waals surface area contributed by atoms with Crippen LogP contribution in [0.15, 0.2) is 24.3 Å². The van der Waals surface area contributed by atoms with E-state index in [-0.39, 0.29) is 116 Å². The Kier molecular flexibility index (Phi) is 35.8. The van der Waals surface area contributed by atoms with E-state index in [0.29, 0.717) is 5.19 Å². The van der Waals surface area contributed by atoms with Crippen molar-refractivity contribution in [3.05, 3.63) is 29.8 Å². The molecule has 8 amide bonds. The number of carboxylic acid groups (broad SMARTS) is 8. The normalized spacial score (nSPS) is 15.5. The van der Waals surface area contributed by atoms with Crippen LogP contribution in [0.25, 0.3) is 0 Å². The lowest BCUT2D eigenvalue weighted by atomic mass is 10.1. The number of unbranched alkanes of at least 4 members (excludes halogenated alkanes) is 1. The molecular formula is C60H92FN12O23Si-3. The van der Waals surface area contributed by atoms with Gasteiger partial charge in [-0.15, -0.1) is 0 Å². The van der Waals surface area contributed by atoms with Gasteiger partial charge in [0.15, 0.2) is 0 Å². The summed E-state index contributed by atoms with van der Waals surface area (Å²) in [6.45, 7) is 8.26. The van der Waals surface area contributed by atoms with Crippen LogP contribution in [0.3, 0.4) is 0 Å². The van der Waals surface area contributed by atoms with Gasteiger partial charge >= 0.3 is 35.9 Å². The van der Waals surface area contributed by atoms with Crippen LogP contribution < -0.4 is 63.0 Å². The van der Waals surface area contributed by atoms with E-state index in [1.54, 1.807) is 46.4 Å². The van der Waals surface area contributed by atoms with E-state index < -0.39 is 196 Å². The summed E-state index contributed by atoms with van der Waals surface area (Å²) < 4.78 is 17.2. The van der Waals surface area contributed by atoms with Crippen molar-refractivity contribution in [3.63, 3.8) is 0 Å². The number of amides is 8. The molecule has 1 fully saturated rings. The van der Waals surface area contributed by atoms with E-state index in [1.807, 2.05) is 10.6 Å². The first-order valence-corrected chi connectivity index (χ1v) is 33.3. The Morgan fingerprint density at radius 3 is 1.23 bits per heavy atom. The molecule has 13 N–H and O–H groups in total. The highest BCUT2D eigenvalue weighted by Gasteiger charge is 2.56. The van der Waals surface area contributed by atoms with Gasteiger partial charge in [0.2, 0.25) is 29.5 Å². The predicted octanol–water partition coefficient (Wildman–Crippen LogP) is -5.95. The predicted molar refractivity (Wildman–Crippen MR) is 336 cm³/mol. The molecule has 0 unspecified atom stereocenters. The first-order chi connectivity index (χ1) is 45.2. The van der Waals surface area contributed by atoms with Crippen molar-refractivity contribution in [1.82, 2.24) is 62.1 Å². The summed E-state index contributed by atoms with van der Waals surface area (Å²) in [5, 5.41) is 99.8. The Labute approximate surface area is 560 Å². The number of hydrogen-bond acceptors (Lipinski definition) is 22. The fraction of sp³-hybridized carbons (Fsp3) is 0.650. The van der Waals surface area contributed by atoms with Gasteiger partial charge in [-0.05, 0) is 72.3 Å². The molecule has 97 heavy (non-hydrogen) atoms. The number of carboxylic acids is 8. The highest BCUT2D eigenvalue weighted by molar-refractivity contribution is 6.90. The maximum absolute atomic E-state index is 17.2. The van der Waals surface area contributed by atoms with Gasteiger partial charge in [0.05, 0.1) is 24.5 Å². The Morgan fingerprint density at radius 1 is 0.443 bits per heavy atom. The molecule has 0 radical (unpaired) electrons. The molecule has 35 nitrogen and oxygen atoms in total. The molecule has 1 saturated heterocycles.